The molecule has 1 N–H and O–H groups in total. The number of methoxy groups -OCH3 is 1. The molecule has 0 aliphatic carbocycles. The van der Waals surface area contributed by atoms with E-state index in [0.717, 1.165) is 5.69 Å². The summed E-state index contributed by atoms with van der Waals surface area (Å²) in [4.78, 5) is 15.6. The van der Waals surface area contributed by atoms with Crippen LogP contribution in [0.3, 0.4) is 0 Å². The van der Waals surface area contributed by atoms with E-state index in [2.05, 4.69) is 0 Å². The van der Waals surface area contributed by atoms with Crippen molar-refractivity contribution in [1.29, 1.82) is 0 Å². The van der Waals surface area contributed by atoms with Crippen LogP contribution in [0.2, 0.25) is 0 Å². The largest absolute Gasteiger partial charge is 0.497 e. The van der Waals surface area contributed by atoms with Crippen molar-refractivity contribution < 1.29 is 23.1 Å². The van der Waals surface area contributed by atoms with Crippen molar-refractivity contribution in [3.05, 3.63) is 42.5 Å². The van der Waals surface area contributed by atoms with E-state index >= 15 is 0 Å². The molecule has 0 radical (unpaired) electrons. The van der Waals surface area contributed by atoms with Gasteiger partial charge in [-0.25, -0.2) is 8.42 Å². The van der Waals surface area contributed by atoms with Crippen molar-refractivity contribution in [2.24, 2.45) is 0 Å². The summed E-state index contributed by atoms with van der Waals surface area (Å²) in [6, 6.07) is 11.3. The SMILES string of the molecule is COc1ccc2c(c1)N(C)CC(C)N2S(=O)(=O)c1ccc(N2CC(O)CC2=O)cc1. The topological polar surface area (TPSA) is 90.4 Å². The fourth-order valence-electron chi connectivity index (χ4n) is 4.14. The van der Waals surface area contributed by atoms with E-state index in [9.17, 15) is 18.3 Å². The fraction of sp³-hybridized carbons (Fsp3) is 0.381. The smallest absolute Gasteiger partial charge is 0.264 e. The lowest BCUT2D eigenvalue weighted by molar-refractivity contribution is -0.117. The number of fused-ring (bicyclic) bond motifs is 1. The predicted octanol–water partition coefficient (Wildman–Crippen LogP) is 1.83. The molecule has 160 valence electrons. The van der Waals surface area contributed by atoms with Crippen molar-refractivity contribution in [2.45, 2.75) is 30.4 Å². The van der Waals surface area contributed by atoms with Gasteiger partial charge in [0, 0.05) is 25.3 Å². The number of sulfonamides is 1. The highest BCUT2D eigenvalue weighted by Gasteiger charge is 2.36. The van der Waals surface area contributed by atoms with Crippen molar-refractivity contribution in [3.8, 4) is 5.75 Å². The third kappa shape index (κ3) is 3.37. The van der Waals surface area contributed by atoms with Gasteiger partial charge in [-0.2, -0.15) is 0 Å². The molecule has 1 fully saturated rings. The molecular weight excluding hydrogens is 406 g/mol. The molecule has 2 aromatic carbocycles. The molecule has 2 atom stereocenters. The zero-order chi connectivity index (χ0) is 21.6. The van der Waals surface area contributed by atoms with Crippen molar-refractivity contribution in [3.63, 3.8) is 0 Å². The highest BCUT2D eigenvalue weighted by atomic mass is 32.2. The Balaban J connectivity index is 1.70. The summed E-state index contributed by atoms with van der Waals surface area (Å²) in [6.07, 6.45) is -0.611. The molecule has 0 spiro atoms. The molecule has 2 aromatic rings. The maximum absolute atomic E-state index is 13.5. The predicted molar refractivity (Wildman–Crippen MR) is 115 cm³/mol. The number of carbonyl (C=O) groups excluding carboxylic acids is 1. The van der Waals surface area contributed by atoms with Crippen LogP contribution < -0.4 is 18.8 Å². The molecule has 9 heteroatoms. The summed E-state index contributed by atoms with van der Waals surface area (Å²) in [5.74, 6) is 0.489. The molecule has 1 saturated heterocycles. The molecule has 2 aliphatic heterocycles. The number of aliphatic hydroxyl groups is 1. The Morgan fingerprint density at radius 3 is 2.37 bits per heavy atom. The number of benzene rings is 2. The van der Waals surface area contributed by atoms with Crippen LogP contribution in [0.1, 0.15) is 13.3 Å². The summed E-state index contributed by atoms with van der Waals surface area (Å²) < 4.78 is 33.8. The Morgan fingerprint density at radius 1 is 1.07 bits per heavy atom. The van der Waals surface area contributed by atoms with E-state index in [1.165, 1.54) is 21.3 Å². The van der Waals surface area contributed by atoms with Gasteiger partial charge in [0.25, 0.3) is 10.0 Å². The summed E-state index contributed by atoms with van der Waals surface area (Å²) >= 11 is 0. The van der Waals surface area contributed by atoms with Gasteiger partial charge >= 0.3 is 0 Å². The normalized spacial score (nSPS) is 21.7. The lowest BCUT2D eigenvalue weighted by atomic mass is 10.1. The second kappa shape index (κ2) is 7.48. The second-order valence-corrected chi connectivity index (χ2v) is 9.56. The Hall–Kier alpha value is -2.78. The Labute approximate surface area is 176 Å². The highest BCUT2D eigenvalue weighted by molar-refractivity contribution is 7.92. The van der Waals surface area contributed by atoms with Crippen LogP contribution in [0, 0.1) is 0 Å². The minimum atomic E-state index is -3.82. The lowest BCUT2D eigenvalue weighted by Gasteiger charge is -2.41. The quantitative estimate of drug-likeness (QED) is 0.794. The molecule has 8 nitrogen and oxygen atoms in total. The average molecular weight is 432 g/mol. The number of likely N-dealkylation sites (N-methyl/N-ethyl adjacent to an activating group) is 1. The van der Waals surface area contributed by atoms with Crippen LogP contribution in [0.5, 0.6) is 5.75 Å². The van der Waals surface area contributed by atoms with Crippen molar-refractivity contribution >= 4 is 33.0 Å². The number of amides is 1. The van der Waals surface area contributed by atoms with Gasteiger partial charge < -0.3 is 19.6 Å². The second-order valence-electron chi connectivity index (χ2n) is 7.74. The van der Waals surface area contributed by atoms with Crippen LogP contribution in [-0.4, -0.2) is 58.8 Å². The number of anilines is 3. The first-order valence-corrected chi connectivity index (χ1v) is 11.2. The standard InChI is InChI=1S/C21H25N3O5S/c1-14-12-22(2)20-11-17(29-3)6-9-19(20)24(14)30(27,28)18-7-4-15(5-8-18)23-13-16(25)10-21(23)26/h4-9,11,14,16,25H,10,12-13H2,1-3H3. The number of ether oxygens (including phenoxy) is 1. The molecule has 4 rings (SSSR count). The molecule has 0 bridgehead atoms. The van der Waals surface area contributed by atoms with E-state index in [1.54, 1.807) is 31.4 Å². The molecule has 1 amide bonds. The van der Waals surface area contributed by atoms with Crippen LogP contribution in [0.15, 0.2) is 47.4 Å². The minimum absolute atomic E-state index is 0.0824. The number of carbonyl (C=O) groups is 1. The third-order valence-corrected chi connectivity index (χ3v) is 7.52. The number of β-amino-alcohol motifs (C(OH)–C–C–N with tert-alkyl or cyclic N) is 1. The Bertz CT molecular complexity index is 1070. The Kier molecular flexibility index (Phi) is 5.11. The first-order chi connectivity index (χ1) is 14.2. The minimum Gasteiger partial charge on any atom is -0.497 e. The van der Waals surface area contributed by atoms with Crippen LogP contribution in [-0.2, 0) is 14.8 Å². The molecule has 2 aliphatic rings. The van der Waals surface area contributed by atoms with E-state index in [4.69, 9.17) is 4.74 Å². The van der Waals surface area contributed by atoms with E-state index in [1.807, 2.05) is 24.9 Å². The maximum atomic E-state index is 13.5. The van der Waals surface area contributed by atoms with Crippen LogP contribution >= 0.6 is 0 Å². The van der Waals surface area contributed by atoms with E-state index in [-0.39, 0.29) is 29.8 Å². The third-order valence-electron chi connectivity index (χ3n) is 5.58. The van der Waals surface area contributed by atoms with Gasteiger partial charge in [-0.15, -0.1) is 0 Å². The molecule has 2 unspecified atom stereocenters. The zero-order valence-corrected chi connectivity index (χ0v) is 18.0. The molecule has 2 heterocycles. The van der Waals surface area contributed by atoms with Gasteiger partial charge in [0.05, 0.1) is 48.5 Å². The fourth-order valence-corrected chi connectivity index (χ4v) is 5.81. The van der Waals surface area contributed by atoms with Crippen LogP contribution in [0.25, 0.3) is 0 Å². The van der Waals surface area contributed by atoms with E-state index in [0.29, 0.717) is 23.7 Å². The summed E-state index contributed by atoms with van der Waals surface area (Å²) in [5.41, 5.74) is 1.95. The number of hydrogen-bond donors (Lipinski definition) is 1. The maximum Gasteiger partial charge on any atom is 0.264 e. The number of rotatable bonds is 4. The zero-order valence-electron chi connectivity index (χ0n) is 17.1. The van der Waals surface area contributed by atoms with Crippen LogP contribution in [0.4, 0.5) is 17.1 Å². The van der Waals surface area contributed by atoms with Crippen molar-refractivity contribution in [1.82, 2.24) is 0 Å². The molecule has 0 saturated carbocycles. The molecule has 0 aromatic heterocycles. The average Bonchev–Trinajstić information content (AvgIpc) is 3.05. The first kappa shape index (κ1) is 20.5. The van der Waals surface area contributed by atoms with Gasteiger partial charge in [0.15, 0.2) is 0 Å². The number of hydrogen-bond acceptors (Lipinski definition) is 6. The molecule has 30 heavy (non-hydrogen) atoms. The monoisotopic (exact) mass is 431 g/mol. The lowest BCUT2D eigenvalue weighted by Crippen LogP contribution is -2.49. The first-order valence-electron chi connectivity index (χ1n) is 9.74. The number of aliphatic hydroxyl groups excluding tert-OH is 1. The van der Waals surface area contributed by atoms with Gasteiger partial charge in [0.2, 0.25) is 5.91 Å². The number of nitrogens with zero attached hydrogens (tertiary/aromatic N) is 3. The van der Waals surface area contributed by atoms with Gasteiger partial charge in [0.1, 0.15) is 5.75 Å². The van der Waals surface area contributed by atoms with Crippen molar-refractivity contribution in [2.75, 3.05) is 41.4 Å². The van der Waals surface area contributed by atoms with Gasteiger partial charge in [-0.1, -0.05) is 0 Å². The summed E-state index contributed by atoms with van der Waals surface area (Å²) in [5, 5.41) is 9.69. The Morgan fingerprint density at radius 2 is 1.77 bits per heavy atom. The van der Waals surface area contributed by atoms with E-state index < -0.39 is 16.1 Å². The summed E-state index contributed by atoms with van der Waals surface area (Å²) in [6.45, 7) is 2.63. The van der Waals surface area contributed by atoms with Gasteiger partial charge in [-0.3, -0.25) is 9.10 Å². The highest BCUT2D eigenvalue weighted by Crippen LogP contribution is 2.40. The summed E-state index contributed by atoms with van der Waals surface area (Å²) in [7, 11) is -0.317. The van der Waals surface area contributed by atoms with Gasteiger partial charge in [-0.05, 0) is 43.3 Å². The molecular formula is C21H25N3O5S.